The maximum Gasteiger partial charge on any atom is 0.169 e. The molecule has 3 nitrogen and oxygen atoms in total. The van der Waals surface area contributed by atoms with E-state index >= 15 is 0 Å². The van der Waals surface area contributed by atoms with Crippen LogP contribution in [0, 0.1) is 6.92 Å². The van der Waals surface area contributed by atoms with Crippen molar-refractivity contribution in [3.8, 4) is 0 Å². The monoisotopic (exact) mass is 305 g/mol. The summed E-state index contributed by atoms with van der Waals surface area (Å²) in [7, 11) is 0. The highest BCUT2D eigenvalue weighted by molar-refractivity contribution is 7.80. The molecule has 0 atom stereocenters. The molecule has 1 aromatic carbocycles. The number of nitrogens with one attached hydrogen (secondary N) is 1. The van der Waals surface area contributed by atoms with Gasteiger partial charge in [0.2, 0.25) is 0 Å². The number of benzene rings is 1. The van der Waals surface area contributed by atoms with Crippen molar-refractivity contribution in [2.24, 2.45) is 0 Å². The van der Waals surface area contributed by atoms with Crippen LogP contribution in [0.1, 0.15) is 30.9 Å². The molecule has 21 heavy (non-hydrogen) atoms. The van der Waals surface area contributed by atoms with Gasteiger partial charge >= 0.3 is 0 Å². The van der Waals surface area contributed by atoms with E-state index in [2.05, 4.69) is 53.2 Å². The number of piperazine rings is 1. The lowest BCUT2D eigenvalue weighted by Crippen LogP contribution is -2.51. The summed E-state index contributed by atoms with van der Waals surface area (Å²) < 4.78 is 0. The molecular weight excluding hydrogens is 278 g/mol. The van der Waals surface area contributed by atoms with E-state index in [-0.39, 0.29) is 0 Å². The molecule has 1 aliphatic heterocycles. The van der Waals surface area contributed by atoms with Crippen molar-refractivity contribution in [1.29, 1.82) is 0 Å². The zero-order valence-electron chi connectivity index (χ0n) is 13.3. The Hall–Kier alpha value is -1.13. The quantitative estimate of drug-likeness (QED) is 0.666. The van der Waals surface area contributed by atoms with Gasteiger partial charge in [0, 0.05) is 39.3 Å². The van der Waals surface area contributed by atoms with E-state index in [1.165, 1.54) is 24.0 Å². The topological polar surface area (TPSA) is 18.5 Å². The number of unbranched alkanes of at least 4 members (excludes halogenated alkanes) is 1. The summed E-state index contributed by atoms with van der Waals surface area (Å²) >= 11 is 5.47. The fraction of sp³-hybridized carbons (Fsp3) is 0.588. The number of thiocarbonyl (C=S) groups is 1. The molecular formula is C17H27N3S. The van der Waals surface area contributed by atoms with Crippen molar-refractivity contribution in [1.82, 2.24) is 15.1 Å². The lowest BCUT2D eigenvalue weighted by Gasteiger charge is -2.36. The summed E-state index contributed by atoms with van der Waals surface area (Å²) in [5.41, 5.74) is 2.83. The minimum Gasteiger partial charge on any atom is -0.363 e. The number of hydrogen-bond acceptors (Lipinski definition) is 2. The third-order valence-corrected chi connectivity index (χ3v) is 4.52. The molecule has 1 fully saturated rings. The molecule has 0 saturated carbocycles. The van der Waals surface area contributed by atoms with Crippen molar-refractivity contribution in [2.75, 3.05) is 32.7 Å². The van der Waals surface area contributed by atoms with Crippen molar-refractivity contribution in [2.45, 2.75) is 33.2 Å². The van der Waals surface area contributed by atoms with E-state index in [0.717, 1.165) is 44.4 Å². The van der Waals surface area contributed by atoms with Gasteiger partial charge in [0.15, 0.2) is 5.11 Å². The predicted octanol–water partition coefficient (Wildman–Crippen LogP) is 2.79. The van der Waals surface area contributed by atoms with Crippen LogP contribution in [0.2, 0.25) is 0 Å². The normalized spacial score (nSPS) is 16.0. The van der Waals surface area contributed by atoms with Crippen LogP contribution in [0.5, 0.6) is 0 Å². The van der Waals surface area contributed by atoms with E-state index in [0.29, 0.717) is 0 Å². The van der Waals surface area contributed by atoms with Crippen LogP contribution in [0.15, 0.2) is 24.3 Å². The van der Waals surface area contributed by atoms with Crippen LogP contribution in [0.3, 0.4) is 0 Å². The lowest BCUT2D eigenvalue weighted by molar-refractivity contribution is 0.174. The first kappa shape index (κ1) is 16.2. The SMILES string of the molecule is CCCCNC(=S)N1CCN(Cc2ccccc2C)CC1. The highest BCUT2D eigenvalue weighted by Gasteiger charge is 2.18. The van der Waals surface area contributed by atoms with Crippen LogP contribution in [0.25, 0.3) is 0 Å². The maximum atomic E-state index is 5.47. The van der Waals surface area contributed by atoms with E-state index in [4.69, 9.17) is 12.2 Å². The molecule has 0 bridgehead atoms. The zero-order valence-corrected chi connectivity index (χ0v) is 14.1. The van der Waals surface area contributed by atoms with E-state index in [1.807, 2.05) is 0 Å². The van der Waals surface area contributed by atoms with Crippen molar-refractivity contribution in [3.05, 3.63) is 35.4 Å². The van der Waals surface area contributed by atoms with Gasteiger partial charge in [-0.1, -0.05) is 37.6 Å². The fourth-order valence-corrected chi connectivity index (χ4v) is 2.91. The molecule has 0 aromatic heterocycles. The van der Waals surface area contributed by atoms with Gasteiger partial charge in [-0.2, -0.15) is 0 Å². The number of rotatable bonds is 5. The molecule has 2 rings (SSSR count). The molecule has 1 saturated heterocycles. The van der Waals surface area contributed by atoms with Crippen LogP contribution in [-0.2, 0) is 6.54 Å². The summed E-state index contributed by atoms with van der Waals surface area (Å²) in [6, 6.07) is 8.67. The minimum absolute atomic E-state index is 0.930. The number of nitrogens with zero attached hydrogens (tertiary/aromatic N) is 2. The van der Waals surface area contributed by atoms with Crippen molar-refractivity contribution < 1.29 is 0 Å². The van der Waals surface area contributed by atoms with Gasteiger partial charge in [-0.15, -0.1) is 0 Å². The minimum atomic E-state index is 0.930. The highest BCUT2D eigenvalue weighted by atomic mass is 32.1. The van der Waals surface area contributed by atoms with E-state index in [9.17, 15) is 0 Å². The van der Waals surface area contributed by atoms with E-state index in [1.54, 1.807) is 0 Å². The van der Waals surface area contributed by atoms with Crippen LogP contribution < -0.4 is 5.32 Å². The largest absolute Gasteiger partial charge is 0.363 e. The van der Waals surface area contributed by atoms with Crippen LogP contribution >= 0.6 is 12.2 Å². The van der Waals surface area contributed by atoms with Crippen LogP contribution in [-0.4, -0.2) is 47.6 Å². The van der Waals surface area contributed by atoms with Gasteiger partial charge in [-0.3, -0.25) is 4.90 Å². The molecule has 1 aromatic rings. The van der Waals surface area contributed by atoms with Gasteiger partial charge in [0.05, 0.1) is 0 Å². The Morgan fingerprint density at radius 3 is 2.57 bits per heavy atom. The molecule has 116 valence electrons. The second kappa shape index (κ2) is 8.35. The van der Waals surface area contributed by atoms with Gasteiger partial charge in [-0.25, -0.2) is 0 Å². The van der Waals surface area contributed by atoms with Crippen LogP contribution in [0.4, 0.5) is 0 Å². The molecule has 0 spiro atoms. The second-order valence-electron chi connectivity index (χ2n) is 5.78. The van der Waals surface area contributed by atoms with Gasteiger partial charge < -0.3 is 10.2 Å². The summed E-state index contributed by atoms with van der Waals surface area (Å²) in [5, 5.41) is 4.30. The Morgan fingerprint density at radius 2 is 1.90 bits per heavy atom. The van der Waals surface area contributed by atoms with E-state index < -0.39 is 0 Å². The maximum absolute atomic E-state index is 5.47. The lowest BCUT2D eigenvalue weighted by atomic mass is 10.1. The summed E-state index contributed by atoms with van der Waals surface area (Å²) in [5.74, 6) is 0. The Bertz CT molecular complexity index is 453. The predicted molar refractivity (Wildman–Crippen MR) is 93.5 cm³/mol. The molecule has 0 amide bonds. The average molecular weight is 305 g/mol. The molecule has 1 aliphatic rings. The number of aryl methyl sites for hydroxylation is 1. The summed E-state index contributed by atoms with van der Waals surface area (Å²) in [6.07, 6.45) is 2.40. The summed E-state index contributed by atoms with van der Waals surface area (Å²) in [4.78, 5) is 4.83. The number of hydrogen-bond donors (Lipinski definition) is 1. The molecule has 1 heterocycles. The Labute approximate surface area is 134 Å². The van der Waals surface area contributed by atoms with Gasteiger partial charge in [-0.05, 0) is 36.7 Å². The van der Waals surface area contributed by atoms with Crippen molar-refractivity contribution >= 4 is 17.3 Å². The second-order valence-corrected chi connectivity index (χ2v) is 6.16. The van der Waals surface area contributed by atoms with Gasteiger partial charge in [0.1, 0.15) is 0 Å². The summed E-state index contributed by atoms with van der Waals surface area (Å²) in [6.45, 7) is 10.7. The highest BCUT2D eigenvalue weighted by Crippen LogP contribution is 2.12. The Balaban J connectivity index is 1.75. The first-order chi connectivity index (χ1) is 10.2. The first-order valence-corrected chi connectivity index (χ1v) is 8.41. The Morgan fingerprint density at radius 1 is 1.19 bits per heavy atom. The van der Waals surface area contributed by atoms with Crippen molar-refractivity contribution in [3.63, 3.8) is 0 Å². The molecule has 0 unspecified atom stereocenters. The molecule has 0 aliphatic carbocycles. The molecule has 4 heteroatoms. The fourth-order valence-electron chi connectivity index (χ4n) is 2.62. The average Bonchev–Trinajstić information content (AvgIpc) is 2.50. The molecule has 1 N–H and O–H groups in total. The smallest absolute Gasteiger partial charge is 0.169 e. The third kappa shape index (κ3) is 4.97. The molecule has 0 radical (unpaired) electrons. The zero-order chi connectivity index (χ0) is 15.1. The third-order valence-electron chi connectivity index (χ3n) is 4.12. The Kier molecular flexibility index (Phi) is 6.46. The van der Waals surface area contributed by atoms with Gasteiger partial charge in [0.25, 0.3) is 0 Å². The standard InChI is InChI=1S/C17H27N3S/c1-3-4-9-18-17(21)20-12-10-19(11-13-20)14-16-8-6-5-7-15(16)2/h5-8H,3-4,9-14H2,1-2H3,(H,18,21). The first-order valence-electron chi connectivity index (χ1n) is 8.00.